The van der Waals surface area contributed by atoms with Crippen molar-refractivity contribution in [3.63, 3.8) is 0 Å². The second-order valence-electron chi connectivity index (χ2n) is 4.97. The first-order valence-corrected chi connectivity index (χ1v) is 6.81. The monoisotopic (exact) mass is 305 g/mol. The average Bonchev–Trinajstić information content (AvgIpc) is 2.44. The maximum atomic E-state index is 12.8. The van der Waals surface area contributed by atoms with Crippen LogP contribution in [0, 0.1) is 0 Å². The summed E-state index contributed by atoms with van der Waals surface area (Å²) in [4.78, 5) is 12.4. The Kier molecular flexibility index (Phi) is 4.75. The van der Waals surface area contributed by atoms with Gasteiger partial charge in [-0.15, -0.1) is 0 Å². The summed E-state index contributed by atoms with van der Waals surface area (Å²) in [5, 5.41) is 0. The topological polar surface area (TPSA) is 29.5 Å². The maximum absolute atomic E-state index is 12.8. The number of nitrogens with zero attached hydrogens (tertiary/aromatic N) is 1. The molecule has 2 rings (SSSR count). The molecule has 0 saturated heterocycles. The Morgan fingerprint density at radius 3 is 2.45 bits per heavy atom. The van der Waals surface area contributed by atoms with Crippen molar-refractivity contribution in [2.24, 2.45) is 0 Å². The fourth-order valence-electron chi connectivity index (χ4n) is 2.21. The molecule has 1 aliphatic heterocycles. The van der Waals surface area contributed by atoms with E-state index in [2.05, 4.69) is 6.58 Å². The van der Waals surface area contributed by atoms with E-state index in [9.17, 15) is 13.6 Å². The number of allylic oxidation sites excluding steroid dienone is 3. The molecule has 1 heterocycles. The largest absolute Gasteiger partial charge is 0.427 e. The second-order valence-corrected chi connectivity index (χ2v) is 4.97. The minimum absolute atomic E-state index is 0.407. The van der Waals surface area contributed by atoms with Gasteiger partial charge in [-0.2, -0.15) is 0 Å². The van der Waals surface area contributed by atoms with Crippen LogP contribution in [-0.4, -0.2) is 23.8 Å². The summed E-state index contributed by atoms with van der Waals surface area (Å²) in [5.41, 5.74) is 2.80. The molecule has 1 aromatic carbocycles. The molecule has 5 heteroatoms. The molecule has 0 amide bonds. The van der Waals surface area contributed by atoms with Gasteiger partial charge in [-0.3, -0.25) is 4.79 Å². The van der Waals surface area contributed by atoms with Gasteiger partial charge in [0, 0.05) is 18.3 Å². The summed E-state index contributed by atoms with van der Waals surface area (Å²) in [5.74, 6) is 0.00881. The summed E-state index contributed by atoms with van der Waals surface area (Å²) < 4.78 is 30.6. The Balaban J connectivity index is 2.31. The molecular formula is C17H17F2NO2. The van der Waals surface area contributed by atoms with E-state index in [-0.39, 0.29) is 0 Å². The first kappa shape index (κ1) is 15.9. The van der Waals surface area contributed by atoms with Crippen LogP contribution in [0.5, 0.6) is 5.75 Å². The SMILES string of the molecule is C=C1C(C)=CC=C(c2ccc(OC(C)=O)cc2)N1CC(F)F. The third kappa shape index (κ3) is 3.61. The van der Waals surface area contributed by atoms with Crippen LogP contribution in [0.1, 0.15) is 19.4 Å². The van der Waals surface area contributed by atoms with Crippen LogP contribution in [0.2, 0.25) is 0 Å². The maximum Gasteiger partial charge on any atom is 0.308 e. The molecule has 0 aromatic heterocycles. The van der Waals surface area contributed by atoms with Crippen LogP contribution in [0.3, 0.4) is 0 Å². The number of hydrogen-bond acceptors (Lipinski definition) is 3. The van der Waals surface area contributed by atoms with Gasteiger partial charge in [-0.25, -0.2) is 8.78 Å². The fourth-order valence-corrected chi connectivity index (χ4v) is 2.21. The lowest BCUT2D eigenvalue weighted by Crippen LogP contribution is -2.28. The second kappa shape index (κ2) is 6.56. The van der Waals surface area contributed by atoms with Crippen LogP contribution in [-0.2, 0) is 4.79 Å². The van der Waals surface area contributed by atoms with Gasteiger partial charge < -0.3 is 9.64 Å². The van der Waals surface area contributed by atoms with Crippen LogP contribution in [0.4, 0.5) is 8.78 Å². The molecule has 0 unspecified atom stereocenters. The Hall–Kier alpha value is -2.43. The summed E-state index contributed by atoms with van der Waals surface area (Å²) >= 11 is 0. The van der Waals surface area contributed by atoms with Crippen LogP contribution >= 0.6 is 0 Å². The van der Waals surface area contributed by atoms with E-state index in [1.807, 2.05) is 13.0 Å². The summed E-state index contributed by atoms with van der Waals surface area (Å²) in [6.45, 7) is 6.61. The number of rotatable bonds is 4. The van der Waals surface area contributed by atoms with E-state index < -0.39 is 18.9 Å². The highest BCUT2D eigenvalue weighted by Gasteiger charge is 2.22. The molecule has 0 bridgehead atoms. The number of carbonyl (C=O) groups is 1. The number of ether oxygens (including phenoxy) is 1. The predicted molar refractivity (Wildman–Crippen MR) is 81.3 cm³/mol. The van der Waals surface area contributed by atoms with Crippen molar-refractivity contribution in [2.75, 3.05) is 6.54 Å². The zero-order chi connectivity index (χ0) is 16.3. The number of halogens is 2. The lowest BCUT2D eigenvalue weighted by molar-refractivity contribution is -0.131. The van der Waals surface area contributed by atoms with Gasteiger partial charge in [0.15, 0.2) is 0 Å². The van der Waals surface area contributed by atoms with Gasteiger partial charge in [-0.1, -0.05) is 12.7 Å². The number of alkyl halides is 2. The highest BCUT2D eigenvalue weighted by Crippen LogP contribution is 2.31. The van der Waals surface area contributed by atoms with Crippen molar-refractivity contribution in [2.45, 2.75) is 20.3 Å². The van der Waals surface area contributed by atoms with Gasteiger partial charge in [0.25, 0.3) is 6.43 Å². The molecule has 0 radical (unpaired) electrons. The molecule has 0 atom stereocenters. The molecule has 1 aliphatic rings. The van der Waals surface area contributed by atoms with Gasteiger partial charge in [-0.05, 0) is 48.4 Å². The third-order valence-corrected chi connectivity index (χ3v) is 3.30. The van der Waals surface area contributed by atoms with Crippen molar-refractivity contribution >= 4 is 11.7 Å². The molecule has 0 saturated carbocycles. The summed E-state index contributed by atoms with van der Waals surface area (Å²) in [6.07, 6.45) is 1.17. The van der Waals surface area contributed by atoms with Crippen molar-refractivity contribution in [1.82, 2.24) is 4.90 Å². The van der Waals surface area contributed by atoms with Crippen LogP contribution in [0.15, 0.2) is 54.3 Å². The van der Waals surface area contributed by atoms with Gasteiger partial charge in [0.05, 0.1) is 6.54 Å². The van der Waals surface area contributed by atoms with E-state index in [4.69, 9.17) is 4.74 Å². The standard InChI is InChI=1S/C17H17F2NO2/c1-11-4-9-16(20(12(11)2)10-17(18)19)14-5-7-15(8-6-14)22-13(3)21/h4-9,17H,2,10H2,1,3H3. The fraction of sp³-hybridized carbons (Fsp3) is 0.235. The lowest BCUT2D eigenvalue weighted by atomic mass is 10.0. The Labute approximate surface area is 128 Å². The summed E-state index contributed by atoms with van der Waals surface area (Å²) in [7, 11) is 0. The highest BCUT2D eigenvalue weighted by atomic mass is 19.3. The van der Waals surface area contributed by atoms with Crippen molar-refractivity contribution < 1.29 is 18.3 Å². The first-order valence-electron chi connectivity index (χ1n) is 6.81. The number of esters is 1. The van der Waals surface area contributed by atoms with Crippen LogP contribution in [0.25, 0.3) is 5.70 Å². The van der Waals surface area contributed by atoms with Crippen molar-refractivity contribution in [3.05, 3.63) is 59.8 Å². The minimum atomic E-state index is -2.47. The smallest absolute Gasteiger partial charge is 0.308 e. The molecule has 116 valence electrons. The predicted octanol–water partition coefficient (Wildman–Crippen LogP) is 3.99. The minimum Gasteiger partial charge on any atom is -0.427 e. The Morgan fingerprint density at radius 2 is 1.91 bits per heavy atom. The third-order valence-electron chi connectivity index (χ3n) is 3.30. The molecule has 0 fully saturated rings. The Bertz CT molecular complexity index is 645. The Morgan fingerprint density at radius 1 is 1.27 bits per heavy atom. The van der Waals surface area contributed by atoms with E-state index in [1.54, 1.807) is 30.3 Å². The molecule has 0 spiro atoms. The van der Waals surface area contributed by atoms with E-state index >= 15 is 0 Å². The number of carbonyl (C=O) groups excluding carboxylic acids is 1. The van der Waals surface area contributed by atoms with Gasteiger partial charge in [0.2, 0.25) is 0 Å². The molecular weight excluding hydrogens is 288 g/mol. The number of hydrogen-bond donors (Lipinski definition) is 0. The lowest BCUT2D eigenvalue weighted by Gasteiger charge is -2.32. The van der Waals surface area contributed by atoms with Crippen molar-refractivity contribution in [3.8, 4) is 5.75 Å². The molecule has 22 heavy (non-hydrogen) atoms. The first-order chi connectivity index (χ1) is 10.4. The average molecular weight is 305 g/mol. The highest BCUT2D eigenvalue weighted by molar-refractivity contribution is 5.72. The zero-order valence-corrected chi connectivity index (χ0v) is 12.5. The summed E-state index contributed by atoms with van der Waals surface area (Å²) in [6, 6.07) is 6.72. The van der Waals surface area contributed by atoms with Crippen molar-refractivity contribution in [1.29, 1.82) is 0 Å². The number of benzene rings is 1. The molecule has 1 aromatic rings. The van der Waals surface area contributed by atoms with Gasteiger partial charge in [0.1, 0.15) is 5.75 Å². The molecule has 3 nitrogen and oxygen atoms in total. The molecule has 0 N–H and O–H groups in total. The van der Waals surface area contributed by atoms with E-state index in [0.717, 1.165) is 11.1 Å². The molecule has 0 aliphatic carbocycles. The zero-order valence-electron chi connectivity index (χ0n) is 12.5. The normalized spacial score (nSPS) is 14.8. The van der Waals surface area contributed by atoms with Crippen LogP contribution < -0.4 is 4.74 Å². The van der Waals surface area contributed by atoms with E-state index in [1.165, 1.54) is 11.8 Å². The van der Waals surface area contributed by atoms with E-state index in [0.29, 0.717) is 17.1 Å². The van der Waals surface area contributed by atoms with Gasteiger partial charge >= 0.3 is 5.97 Å². The quantitative estimate of drug-likeness (QED) is 0.622.